The second kappa shape index (κ2) is 15.3. The van der Waals surface area contributed by atoms with E-state index in [1.54, 1.807) is 0 Å². The number of quaternary nitrogens is 1. The molecule has 2 heteroatoms. The maximum Gasteiger partial charge on any atom is 0.141 e. The van der Waals surface area contributed by atoms with Crippen LogP contribution < -0.4 is 0 Å². The minimum Gasteiger partial charge on any atom is -0.313 e. The summed E-state index contributed by atoms with van der Waals surface area (Å²) in [5.41, 5.74) is 0. The summed E-state index contributed by atoms with van der Waals surface area (Å²) in [7, 11) is 0. The van der Waals surface area contributed by atoms with Gasteiger partial charge < -0.3 is 4.48 Å². The highest BCUT2D eigenvalue weighted by atomic mass is 79.9. The molecular formula is C22H41BrN+. The number of piperidine rings is 1. The molecule has 1 aliphatic heterocycles. The van der Waals surface area contributed by atoms with Crippen molar-refractivity contribution in [1.29, 1.82) is 0 Å². The predicted octanol–water partition coefficient (Wildman–Crippen LogP) is 7.04. The SMILES string of the molecule is CCCCCCCCCCCCCC[N+]1(CC#CBr)CCCCC1. The summed E-state index contributed by atoms with van der Waals surface area (Å²) in [6.07, 6.45) is 21.5. The Balaban J connectivity index is 1.97. The molecular weight excluding hydrogens is 358 g/mol. The van der Waals surface area contributed by atoms with Crippen molar-refractivity contribution in [3.8, 4) is 10.8 Å². The maximum absolute atomic E-state index is 3.29. The van der Waals surface area contributed by atoms with E-state index in [1.807, 2.05) is 0 Å². The van der Waals surface area contributed by atoms with Crippen molar-refractivity contribution in [2.45, 2.75) is 103 Å². The Morgan fingerprint density at radius 3 is 1.71 bits per heavy atom. The molecule has 1 fully saturated rings. The zero-order valence-electron chi connectivity index (χ0n) is 16.3. The number of nitrogens with zero attached hydrogens (tertiary/aromatic N) is 1. The largest absolute Gasteiger partial charge is 0.313 e. The average molecular weight is 399 g/mol. The molecule has 0 aromatic heterocycles. The molecule has 0 amide bonds. The zero-order valence-corrected chi connectivity index (χ0v) is 17.8. The van der Waals surface area contributed by atoms with E-state index in [9.17, 15) is 0 Å². The number of hydrogen-bond donors (Lipinski definition) is 0. The lowest BCUT2D eigenvalue weighted by molar-refractivity contribution is -0.926. The van der Waals surface area contributed by atoms with Crippen molar-refractivity contribution < 1.29 is 4.48 Å². The van der Waals surface area contributed by atoms with E-state index in [0.29, 0.717) is 0 Å². The van der Waals surface area contributed by atoms with Crippen molar-refractivity contribution in [2.75, 3.05) is 26.2 Å². The molecule has 0 atom stereocenters. The standard InChI is InChI=1S/C22H41BrN/c1-2-3-4-5-6-7-8-9-10-11-12-14-19-24(22-17-18-23)20-15-13-16-21-24/h2-16,19-22H2,1H3/q+1. The fourth-order valence-corrected chi connectivity index (χ4v) is 4.25. The van der Waals surface area contributed by atoms with Crippen LogP contribution in [0.5, 0.6) is 0 Å². The number of likely N-dealkylation sites (tertiary alicyclic amines) is 1. The molecule has 0 radical (unpaired) electrons. The molecule has 1 nitrogen and oxygen atoms in total. The summed E-state index contributed by atoms with van der Waals surface area (Å²) in [6.45, 7) is 7.44. The highest BCUT2D eigenvalue weighted by Crippen LogP contribution is 2.20. The Morgan fingerprint density at radius 2 is 1.21 bits per heavy atom. The number of unbranched alkanes of at least 4 members (excludes halogenated alkanes) is 11. The van der Waals surface area contributed by atoms with Crippen molar-refractivity contribution in [2.24, 2.45) is 0 Å². The Kier molecular flexibility index (Phi) is 14.0. The van der Waals surface area contributed by atoms with Crippen LogP contribution in [-0.2, 0) is 0 Å². The van der Waals surface area contributed by atoms with E-state index in [2.05, 4.69) is 33.6 Å². The molecule has 0 aliphatic carbocycles. The third kappa shape index (κ3) is 10.8. The summed E-state index contributed by atoms with van der Waals surface area (Å²) < 4.78 is 1.27. The monoisotopic (exact) mass is 398 g/mol. The Bertz CT molecular complexity index is 336. The number of hydrogen-bond acceptors (Lipinski definition) is 0. The molecule has 0 aromatic carbocycles. The normalized spacial score (nSPS) is 16.6. The van der Waals surface area contributed by atoms with E-state index in [4.69, 9.17) is 0 Å². The molecule has 24 heavy (non-hydrogen) atoms. The second-order valence-electron chi connectivity index (χ2n) is 7.89. The molecule has 1 heterocycles. The highest BCUT2D eigenvalue weighted by Gasteiger charge is 2.28. The summed E-state index contributed by atoms with van der Waals surface area (Å²) in [5, 5.41) is 0. The van der Waals surface area contributed by atoms with Crippen LogP contribution >= 0.6 is 15.9 Å². The summed E-state index contributed by atoms with van der Waals surface area (Å²) in [6, 6.07) is 0. The van der Waals surface area contributed by atoms with E-state index >= 15 is 0 Å². The summed E-state index contributed by atoms with van der Waals surface area (Å²) in [4.78, 5) is 2.93. The van der Waals surface area contributed by atoms with Gasteiger partial charge >= 0.3 is 0 Å². The number of halogens is 1. The van der Waals surface area contributed by atoms with E-state index < -0.39 is 0 Å². The zero-order chi connectivity index (χ0) is 17.3. The van der Waals surface area contributed by atoms with Crippen LogP contribution in [-0.4, -0.2) is 30.7 Å². The van der Waals surface area contributed by atoms with Crippen LogP contribution in [0.1, 0.15) is 103 Å². The first-order valence-corrected chi connectivity index (χ1v) is 11.6. The van der Waals surface area contributed by atoms with Crippen molar-refractivity contribution in [1.82, 2.24) is 0 Å². The fraction of sp³-hybridized carbons (Fsp3) is 0.909. The van der Waals surface area contributed by atoms with Crippen LogP contribution in [0.15, 0.2) is 0 Å². The van der Waals surface area contributed by atoms with Gasteiger partial charge in [0, 0.05) is 15.9 Å². The Labute approximate surface area is 160 Å². The molecule has 1 rings (SSSR count). The average Bonchev–Trinajstić information content (AvgIpc) is 2.62. The predicted molar refractivity (Wildman–Crippen MR) is 111 cm³/mol. The van der Waals surface area contributed by atoms with E-state index in [0.717, 1.165) is 6.54 Å². The first-order valence-electron chi connectivity index (χ1n) is 10.8. The van der Waals surface area contributed by atoms with Gasteiger partial charge in [0.15, 0.2) is 0 Å². The molecule has 0 saturated carbocycles. The van der Waals surface area contributed by atoms with Gasteiger partial charge in [-0.05, 0) is 42.9 Å². The van der Waals surface area contributed by atoms with Crippen molar-refractivity contribution >= 4 is 15.9 Å². The van der Waals surface area contributed by atoms with Gasteiger partial charge in [0.2, 0.25) is 0 Å². The van der Waals surface area contributed by atoms with Crippen LogP contribution in [0.25, 0.3) is 0 Å². The third-order valence-corrected chi connectivity index (χ3v) is 6.01. The fourth-order valence-electron chi connectivity index (χ4n) is 4.13. The van der Waals surface area contributed by atoms with Crippen molar-refractivity contribution in [3.05, 3.63) is 0 Å². The lowest BCUT2D eigenvalue weighted by Gasteiger charge is -2.40. The van der Waals surface area contributed by atoms with Gasteiger partial charge in [0.05, 0.1) is 19.6 Å². The molecule has 0 aromatic rings. The number of rotatable bonds is 14. The van der Waals surface area contributed by atoms with Crippen molar-refractivity contribution in [3.63, 3.8) is 0 Å². The van der Waals surface area contributed by atoms with Gasteiger partial charge in [-0.2, -0.15) is 0 Å². The van der Waals surface area contributed by atoms with E-state index in [-0.39, 0.29) is 0 Å². The van der Waals surface area contributed by atoms with Gasteiger partial charge in [-0.3, -0.25) is 0 Å². The van der Waals surface area contributed by atoms with Crippen LogP contribution in [0, 0.1) is 10.8 Å². The highest BCUT2D eigenvalue weighted by molar-refractivity contribution is 9.12. The lowest BCUT2D eigenvalue weighted by Crippen LogP contribution is -2.52. The lowest BCUT2D eigenvalue weighted by atomic mass is 10.0. The minimum absolute atomic E-state index is 1.06. The van der Waals surface area contributed by atoms with Gasteiger partial charge in [-0.1, -0.05) is 71.1 Å². The summed E-state index contributed by atoms with van der Waals surface area (Å²) >= 11 is 3.27. The van der Waals surface area contributed by atoms with Crippen LogP contribution in [0.4, 0.5) is 0 Å². The second-order valence-corrected chi connectivity index (χ2v) is 8.29. The summed E-state index contributed by atoms with van der Waals surface area (Å²) in [5.74, 6) is 3.29. The Hall–Kier alpha value is 0. The molecule has 0 bridgehead atoms. The molecule has 0 N–H and O–H groups in total. The molecule has 0 spiro atoms. The third-order valence-electron chi connectivity index (χ3n) is 5.73. The topological polar surface area (TPSA) is 0 Å². The van der Waals surface area contributed by atoms with E-state index in [1.165, 1.54) is 120 Å². The first-order chi connectivity index (χ1) is 11.8. The molecule has 140 valence electrons. The van der Waals surface area contributed by atoms with Gasteiger partial charge in [-0.25, -0.2) is 0 Å². The van der Waals surface area contributed by atoms with Gasteiger partial charge in [-0.15, -0.1) is 0 Å². The Morgan fingerprint density at radius 1 is 0.708 bits per heavy atom. The smallest absolute Gasteiger partial charge is 0.141 e. The molecule has 0 unspecified atom stereocenters. The van der Waals surface area contributed by atoms with Gasteiger partial charge in [0.1, 0.15) is 6.54 Å². The molecule has 1 aliphatic rings. The maximum atomic E-state index is 3.29. The van der Waals surface area contributed by atoms with Crippen LogP contribution in [0.2, 0.25) is 0 Å². The molecule has 1 saturated heterocycles. The first kappa shape index (κ1) is 22.0. The van der Waals surface area contributed by atoms with Gasteiger partial charge in [0.25, 0.3) is 0 Å². The minimum atomic E-state index is 1.06. The quantitative estimate of drug-likeness (QED) is 0.167. The van der Waals surface area contributed by atoms with Crippen LogP contribution in [0.3, 0.4) is 0 Å².